The standard InChI is InChI=1S/C15H22BrClN2/c1-2-19-8-4-3-5-11(10-18)15(19)13-7-6-12(17)9-14(13)16/h6-7,9,11,15H,2-5,8,10,18H2,1H3. The summed E-state index contributed by atoms with van der Waals surface area (Å²) in [5.74, 6) is 0.528. The molecular weight excluding hydrogens is 324 g/mol. The Bertz CT molecular complexity index is 411. The van der Waals surface area contributed by atoms with E-state index in [0.717, 1.165) is 29.1 Å². The van der Waals surface area contributed by atoms with Gasteiger partial charge in [0.05, 0.1) is 0 Å². The van der Waals surface area contributed by atoms with Crippen molar-refractivity contribution in [2.24, 2.45) is 11.7 Å². The van der Waals surface area contributed by atoms with Gasteiger partial charge in [0.1, 0.15) is 0 Å². The summed E-state index contributed by atoms with van der Waals surface area (Å²) in [5, 5.41) is 0.775. The number of nitrogens with two attached hydrogens (primary N) is 1. The van der Waals surface area contributed by atoms with Gasteiger partial charge in [-0.2, -0.15) is 0 Å². The molecule has 4 heteroatoms. The quantitative estimate of drug-likeness (QED) is 0.888. The van der Waals surface area contributed by atoms with Gasteiger partial charge in [0.2, 0.25) is 0 Å². The van der Waals surface area contributed by atoms with Gasteiger partial charge in [-0.3, -0.25) is 4.90 Å². The van der Waals surface area contributed by atoms with Crippen LogP contribution in [0.2, 0.25) is 5.02 Å². The lowest BCUT2D eigenvalue weighted by Gasteiger charge is -2.35. The van der Waals surface area contributed by atoms with E-state index in [4.69, 9.17) is 17.3 Å². The molecule has 2 N–H and O–H groups in total. The first-order valence-electron chi connectivity index (χ1n) is 7.06. The molecule has 19 heavy (non-hydrogen) atoms. The van der Waals surface area contributed by atoms with Gasteiger partial charge in [-0.05, 0) is 56.1 Å². The Labute approximate surface area is 129 Å². The van der Waals surface area contributed by atoms with Crippen LogP contribution in [0.25, 0.3) is 0 Å². The Morgan fingerprint density at radius 1 is 1.42 bits per heavy atom. The summed E-state index contributed by atoms with van der Waals surface area (Å²) >= 11 is 9.73. The minimum atomic E-state index is 0.407. The highest BCUT2D eigenvalue weighted by molar-refractivity contribution is 9.10. The van der Waals surface area contributed by atoms with E-state index in [2.05, 4.69) is 33.8 Å². The van der Waals surface area contributed by atoms with Crippen LogP contribution in [0, 0.1) is 5.92 Å². The lowest BCUT2D eigenvalue weighted by molar-refractivity contribution is 0.166. The molecule has 0 aromatic heterocycles. The number of benzene rings is 1. The normalized spacial score (nSPS) is 25.3. The number of rotatable bonds is 3. The third-order valence-corrected chi connectivity index (χ3v) is 5.02. The Morgan fingerprint density at radius 2 is 2.21 bits per heavy atom. The van der Waals surface area contributed by atoms with Gasteiger partial charge in [0.15, 0.2) is 0 Å². The number of hydrogen-bond donors (Lipinski definition) is 1. The fourth-order valence-electron chi connectivity index (χ4n) is 3.11. The highest BCUT2D eigenvalue weighted by atomic mass is 79.9. The molecule has 2 atom stereocenters. The molecule has 1 saturated heterocycles. The second kappa shape index (κ2) is 7.07. The highest BCUT2D eigenvalue weighted by Crippen LogP contribution is 2.38. The summed E-state index contributed by atoms with van der Waals surface area (Å²) in [5.41, 5.74) is 7.35. The lowest BCUT2D eigenvalue weighted by Crippen LogP contribution is -2.35. The molecule has 1 aromatic carbocycles. The zero-order valence-corrected chi connectivity index (χ0v) is 13.8. The van der Waals surface area contributed by atoms with Crippen molar-refractivity contribution in [2.75, 3.05) is 19.6 Å². The second-order valence-corrected chi connectivity index (χ2v) is 6.52. The Balaban J connectivity index is 2.39. The number of halogens is 2. The zero-order chi connectivity index (χ0) is 13.8. The van der Waals surface area contributed by atoms with Gasteiger partial charge < -0.3 is 5.73 Å². The topological polar surface area (TPSA) is 29.3 Å². The van der Waals surface area contributed by atoms with E-state index in [1.165, 1.54) is 24.8 Å². The minimum Gasteiger partial charge on any atom is -0.330 e. The maximum atomic E-state index is 6.06. The minimum absolute atomic E-state index is 0.407. The van der Waals surface area contributed by atoms with Crippen LogP contribution in [0.5, 0.6) is 0 Å². The molecule has 2 unspecified atom stereocenters. The second-order valence-electron chi connectivity index (χ2n) is 5.23. The number of nitrogens with zero attached hydrogens (tertiary/aromatic N) is 1. The molecule has 1 aromatic rings. The van der Waals surface area contributed by atoms with Gasteiger partial charge in [-0.15, -0.1) is 0 Å². The van der Waals surface area contributed by atoms with Gasteiger partial charge >= 0.3 is 0 Å². The third kappa shape index (κ3) is 3.52. The molecule has 1 aliphatic rings. The summed E-state index contributed by atoms with van der Waals surface area (Å²) in [6, 6.07) is 6.52. The van der Waals surface area contributed by atoms with Crippen molar-refractivity contribution in [3.8, 4) is 0 Å². The fourth-order valence-corrected chi connectivity index (χ4v) is 4.03. The first-order chi connectivity index (χ1) is 9.17. The molecule has 0 saturated carbocycles. The fraction of sp³-hybridized carbons (Fsp3) is 0.600. The third-order valence-electron chi connectivity index (χ3n) is 4.10. The molecule has 0 aliphatic carbocycles. The van der Waals surface area contributed by atoms with Crippen molar-refractivity contribution < 1.29 is 0 Å². The average molecular weight is 346 g/mol. The number of likely N-dealkylation sites (tertiary alicyclic amines) is 1. The van der Waals surface area contributed by atoms with Crippen LogP contribution in [0.15, 0.2) is 22.7 Å². The first kappa shape index (κ1) is 15.3. The van der Waals surface area contributed by atoms with Crippen molar-refractivity contribution in [1.82, 2.24) is 4.90 Å². The summed E-state index contributed by atoms with van der Waals surface area (Å²) in [6.45, 7) is 5.20. The van der Waals surface area contributed by atoms with Crippen molar-refractivity contribution in [1.29, 1.82) is 0 Å². The molecular formula is C15H22BrClN2. The summed E-state index contributed by atoms with van der Waals surface area (Å²) < 4.78 is 1.10. The smallest absolute Gasteiger partial charge is 0.0417 e. The first-order valence-corrected chi connectivity index (χ1v) is 8.23. The molecule has 2 rings (SSSR count). The Morgan fingerprint density at radius 3 is 2.84 bits per heavy atom. The Hall–Kier alpha value is -0.0900. The van der Waals surface area contributed by atoms with E-state index in [-0.39, 0.29) is 0 Å². The molecule has 0 radical (unpaired) electrons. The predicted molar refractivity (Wildman–Crippen MR) is 85.5 cm³/mol. The average Bonchev–Trinajstić information content (AvgIpc) is 2.60. The van der Waals surface area contributed by atoms with Gasteiger partial charge in [0.25, 0.3) is 0 Å². The van der Waals surface area contributed by atoms with Gasteiger partial charge in [-0.25, -0.2) is 0 Å². The van der Waals surface area contributed by atoms with E-state index in [1.807, 2.05) is 12.1 Å². The van der Waals surface area contributed by atoms with Gasteiger partial charge in [0, 0.05) is 15.5 Å². The molecule has 0 amide bonds. The van der Waals surface area contributed by atoms with Crippen LogP contribution < -0.4 is 5.73 Å². The van der Waals surface area contributed by atoms with E-state index in [1.54, 1.807) is 0 Å². The van der Waals surface area contributed by atoms with E-state index >= 15 is 0 Å². The molecule has 106 valence electrons. The molecule has 0 bridgehead atoms. The SMILES string of the molecule is CCN1CCCCC(CN)C1c1ccc(Cl)cc1Br. The monoisotopic (exact) mass is 344 g/mol. The van der Waals surface area contributed by atoms with Crippen LogP contribution in [-0.4, -0.2) is 24.5 Å². The molecule has 1 heterocycles. The van der Waals surface area contributed by atoms with Crippen LogP contribution in [0.1, 0.15) is 37.8 Å². The zero-order valence-electron chi connectivity index (χ0n) is 11.4. The summed E-state index contributed by atoms with van der Waals surface area (Å²) in [4.78, 5) is 2.55. The van der Waals surface area contributed by atoms with Crippen molar-refractivity contribution in [3.05, 3.63) is 33.3 Å². The van der Waals surface area contributed by atoms with E-state index in [9.17, 15) is 0 Å². The van der Waals surface area contributed by atoms with Crippen LogP contribution in [0.3, 0.4) is 0 Å². The summed E-state index contributed by atoms with van der Waals surface area (Å²) in [6.07, 6.45) is 3.76. The van der Waals surface area contributed by atoms with Crippen LogP contribution >= 0.6 is 27.5 Å². The molecule has 1 fully saturated rings. The van der Waals surface area contributed by atoms with Crippen molar-refractivity contribution in [2.45, 2.75) is 32.2 Å². The maximum absolute atomic E-state index is 6.06. The molecule has 0 spiro atoms. The van der Waals surface area contributed by atoms with Crippen molar-refractivity contribution in [3.63, 3.8) is 0 Å². The predicted octanol–water partition coefficient (Wildman–Crippen LogP) is 4.22. The van der Waals surface area contributed by atoms with Crippen LogP contribution in [-0.2, 0) is 0 Å². The molecule has 1 aliphatic heterocycles. The molecule has 2 nitrogen and oxygen atoms in total. The summed E-state index contributed by atoms with van der Waals surface area (Å²) in [7, 11) is 0. The Kier molecular flexibility index (Phi) is 5.70. The number of hydrogen-bond acceptors (Lipinski definition) is 2. The van der Waals surface area contributed by atoms with Crippen molar-refractivity contribution >= 4 is 27.5 Å². The van der Waals surface area contributed by atoms with E-state index < -0.39 is 0 Å². The van der Waals surface area contributed by atoms with Gasteiger partial charge in [-0.1, -0.05) is 46.9 Å². The highest BCUT2D eigenvalue weighted by Gasteiger charge is 2.30. The van der Waals surface area contributed by atoms with E-state index in [0.29, 0.717) is 12.0 Å². The maximum Gasteiger partial charge on any atom is 0.0417 e. The lowest BCUT2D eigenvalue weighted by atomic mass is 9.89. The largest absolute Gasteiger partial charge is 0.330 e. The van der Waals surface area contributed by atoms with Crippen LogP contribution in [0.4, 0.5) is 0 Å².